The summed E-state index contributed by atoms with van der Waals surface area (Å²) >= 11 is 6.53. The molecule has 0 radical (unpaired) electrons. The molecule has 0 fully saturated rings. The normalized spacial score (nSPS) is 10.6. The largest absolute Gasteiger partial charge is 0.496 e. The van der Waals surface area contributed by atoms with E-state index in [4.69, 9.17) is 9.72 Å². The van der Waals surface area contributed by atoms with Crippen LogP contribution in [0.15, 0.2) is 33.1 Å². The van der Waals surface area contributed by atoms with Crippen LogP contribution in [0.25, 0.3) is 10.6 Å². The van der Waals surface area contributed by atoms with Gasteiger partial charge in [-0.05, 0) is 37.6 Å². The van der Waals surface area contributed by atoms with Gasteiger partial charge in [-0.3, -0.25) is 0 Å². The highest BCUT2D eigenvalue weighted by atomic mass is 79.9. The third kappa shape index (κ3) is 3.90. The van der Waals surface area contributed by atoms with Crippen molar-refractivity contribution in [2.75, 3.05) is 7.11 Å². The average molecular weight is 447 g/mol. The lowest BCUT2D eigenvalue weighted by atomic mass is 10.1. The molecule has 1 aromatic carbocycles. The van der Waals surface area contributed by atoms with Crippen LogP contribution in [0.3, 0.4) is 0 Å². The predicted octanol–water partition coefficient (Wildman–Crippen LogP) is 5.15. The molecule has 2 heterocycles. The maximum atomic E-state index is 9.39. The summed E-state index contributed by atoms with van der Waals surface area (Å²) in [6.07, 6.45) is 0. The second kappa shape index (κ2) is 8.16. The summed E-state index contributed by atoms with van der Waals surface area (Å²) in [5.41, 5.74) is 4.13. The Morgan fingerprint density at radius 1 is 1.31 bits per heavy atom. The number of hydrogen-bond donors (Lipinski definition) is 0. The summed E-state index contributed by atoms with van der Waals surface area (Å²) in [5, 5.41) is 21.2. The van der Waals surface area contributed by atoms with Crippen LogP contribution in [-0.2, 0) is 5.75 Å². The zero-order valence-electron chi connectivity index (χ0n) is 14.4. The van der Waals surface area contributed by atoms with Crippen LogP contribution in [0.5, 0.6) is 5.75 Å². The lowest BCUT2D eigenvalue weighted by Crippen LogP contribution is -1.99. The number of aromatic nitrogens is 3. The molecular weight excluding hydrogens is 432 g/mol. The number of nitrogens with zero attached hydrogens (tertiary/aromatic N) is 4. The van der Waals surface area contributed by atoms with Crippen molar-refractivity contribution in [3.05, 3.63) is 50.6 Å². The minimum Gasteiger partial charge on any atom is -0.496 e. The van der Waals surface area contributed by atoms with Gasteiger partial charge in [0.1, 0.15) is 21.9 Å². The van der Waals surface area contributed by atoms with E-state index in [-0.39, 0.29) is 0 Å². The van der Waals surface area contributed by atoms with Gasteiger partial charge in [-0.15, -0.1) is 16.4 Å². The fourth-order valence-corrected chi connectivity index (χ4v) is 4.49. The van der Waals surface area contributed by atoms with E-state index < -0.39 is 0 Å². The molecule has 0 spiro atoms. The summed E-state index contributed by atoms with van der Waals surface area (Å²) in [5.74, 6) is 1.41. The van der Waals surface area contributed by atoms with Crippen LogP contribution in [0, 0.1) is 25.2 Å². The van der Waals surface area contributed by atoms with Gasteiger partial charge >= 0.3 is 0 Å². The van der Waals surface area contributed by atoms with Crippen molar-refractivity contribution >= 4 is 39.0 Å². The van der Waals surface area contributed by atoms with Crippen LogP contribution < -0.4 is 4.74 Å². The molecule has 132 valence electrons. The fraction of sp³-hybridized carbons (Fsp3) is 0.222. The van der Waals surface area contributed by atoms with Crippen molar-refractivity contribution in [2.24, 2.45) is 0 Å². The molecule has 0 unspecified atom stereocenters. The fourth-order valence-electron chi connectivity index (χ4n) is 2.31. The summed E-state index contributed by atoms with van der Waals surface area (Å²) < 4.78 is 6.41. The van der Waals surface area contributed by atoms with Crippen molar-refractivity contribution in [1.82, 2.24) is 15.2 Å². The maximum absolute atomic E-state index is 9.39. The average Bonchev–Trinajstić information content (AvgIpc) is 3.11. The van der Waals surface area contributed by atoms with Crippen LogP contribution in [0.2, 0.25) is 0 Å². The Balaban J connectivity index is 1.82. The summed E-state index contributed by atoms with van der Waals surface area (Å²) in [4.78, 5) is 4.71. The van der Waals surface area contributed by atoms with Crippen LogP contribution in [0.4, 0.5) is 0 Å². The van der Waals surface area contributed by atoms with Gasteiger partial charge in [0.25, 0.3) is 0 Å². The Kier molecular flexibility index (Phi) is 5.91. The highest BCUT2D eigenvalue weighted by Gasteiger charge is 2.14. The Morgan fingerprint density at radius 3 is 2.85 bits per heavy atom. The van der Waals surface area contributed by atoms with Gasteiger partial charge in [-0.1, -0.05) is 27.7 Å². The molecule has 0 amide bonds. The molecule has 0 saturated heterocycles. The minimum atomic E-state index is 0.589. The number of nitriles is 1. The zero-order chi connectivity index (χ0) is 18.7. The number of hydrogen-bond acceptors (Lipinski definition) is 7. The Hall–Kier alpha value is -1.95. The number of methoxy groups -OCH3 is 1. The quantitative estimate of drug-likeness (QED) is 0.504. The van der Waals surface area contributed by atoms with E-state index in [0.717, 1.165) is 37.7 Å². The number of thioether (sulfide) groups is 1. The van der Waals surface area contributed by atoms with Crippen molar-refractivity contribution < 1.29 is 4.74 Å². The number of benzene rings is 1. The van der Waals surface area contributed by atoms with Gasteiger partial charge in [-0.25, -0.2) is 4.98 Å². The Labute approximate surface area is 168 Å². The Bertz CT molecular complexity index is 997. The van der Waals surface area contributed by atoms with Gasteiger partial charge < -0.3 is 4.74 Å². The molecule has 0 aliphatic rings. The second-order valence-corrected chi connectivity index (χ2v) is 8.22. The number of thiazole rings is 1. The highest BCUT2D eigenvalue weighted by Crippen LogP contribution is 2.35. The lowest BCUT2D eigenvalue weighted by molar-refractivity contribution is 0.416. The molecule has 5 nitrogen and oxygen atoms in total. The molecule has 0 N–H and O–H groups in total. The van der Waals surface area contributed by atoms with Crippen molar-refractivity contribution in [3.8, 4) is 22.4 Å². The number of aryl methyl sites for hydroxylation is 1. The smallest absolute Gasteiger partial charge is 0.137 e. The van der Waals surface area contributed by atoms with E-state index in [9.17, 15) is 5.26 Å². The van der Waals surface area contributed by atoms with Gasteiger partial charge in [0.05, 0.1) is 29.6 Å². The molecular formula is C18H15BrN4OS2. The van der Waals surface area contributed by atoms with Crippen molar-refractivity contribution in [1.29, 1.82) is 5.26 Å². The first-order chi connectivity index (χ1) is 12.5. The maximum Gasteiger partial charge on any atom is 0.137 e. The number of ether oxygens (including phenoxy) is 1. The van der Waals surface area contributed by atoms with Gasteiger partial charge in [0.15, 0.2) is 0 Å². The molecule has 0 aliphatic carbocycles. The number of halogens is 1. The molecule has 3 rings (SSSR count). The van der Waals surface area contributed by atoms with Crippen molar-refractivity contribution in [2.45, 2.75) is 24.6 Å². The summed E-state index contributed by atoms with van der Waals surface area (Å²) in [6.45, 7) is 3.75. The molecule has 0 saturated carbocycles. The van der Waals surface area contributed by atoms with E-state index in [2.05, 4.69) is 32.2 Å². The molecule has 0 aliphatic heterocycles. The topological polar surface area (TPSA) is 71.7 Å². The highest BCUT2D eigenvalue weighted by molar-refractivity contribution is 9.10. The third-order valence-electron chi connectivity index (χ3n) is 3.83. The van der Waals surface area contributed by atoms with E-state index in [1.54, 1.807) is 18.4 Å². The summed E-state index contributed by atoms with van der Waals surface area (Å²) in [7, 11) is 1.65. The predicted molar refractivity (Wildman–Crippen MR) is 108 cm³/mol. The second-order valence-electron chi connectivity index (χ2n) is 5.48. The van der Waals surface area contributed by atoms with Gasteiger partial charge in [-0.2, -0.15) is 10.4 Å². The standard InChI is InChI=1S/C18H15BrN4OS2/c1-10-11(2)22-23-18(15(10)7-20)26-9-13-8-25-17(21-13)14-6-12(19)4-5-16(14)24-3/h4-6,8H,9H2,1-3H3. The van der Waals surface area contributed by atoms with Crippen LogP contribution in [0.1, 0.15) is 22.5 Å². The van der Waals surface area contributed by atoms with E-state index in [0.29, 0.717) is 16.3 Å². The molecule has 0 atom stereocenters. The SMILES string of the molecule is COc1ccc(Br)cc1-c1nc(CSc2nnc(C)c(C)c2C#N)cs1. The Morgan fingerprint density at radius 2 is 2.12 bits per heavy atom. The first kappa shape index (κ1) is 18.8. The minimum absolute atomic E-state index is 0.589. The van der Waals surface area contributed by atoms with Crippen LogP contribution >= 0.6 is 39.0 Å². The van der Waals surface area contributed by atoms with Gasteiger partial charge in [0, 0.05) is 15.6 Å². The zero-order valence-corrected chi connectivity index (χ0v) is 17.6. The lowest BCUT2D eigenvalue weighted by Gasteiger charge is -2.06. The van der Waals surface area contributed by atoms with E-state index >= 15 is 0 Å². The van der Waals surface area contributed by atoms with Crippen LogP contribution in [-0.4, -0.2) is 22.3 Å². The van der Waals surface area contributed by atoms with E-state index in [1.807, 2.05) is 37.4 Å². The van der Waals surface area contributed by atoms with Gasteiger partial charge in [0.2, 0.25) is 0 Å². The first-order valence-corrected chi connectivity index (χ1v) is 10.3. The number of rotatable bonds is 5. The first-order valence-electron chi connectivity index (χ1n) is 7.68. The molecule has 0 bridgehead atoms. The molecule has 8 heteroatoms. The monoisotopic (exact) mass is 446 g/mol. The van der Waals surface area contributed by atoms with Crippen molar-refractivity contribution in [3.63, 3.8) is 0 Å². The molecule has 2 aromatic heterocycles. The molecule has 26 heavy (non-hydrogen) atoms. The van der Waals surface area contributed by atoms with E-state index in [1.165, 1.54) is 11.8 Å². The summed E-state index contributed by atoms with van der Waals surface area (Å²) in [6, 6.07) is 8.08. The molecule has 3 aromatic rings. The third-order valence-corrected chi connectivity index (χ3v) is 6.25.